The van der Waals surface area contributed by atoms with Crippen LogP contribution in [0.4, 0.5) is 10.2 Å². The number of hydrogen-bond acceptors (Lipinski definition) is 7. The maximum absolute atomic E-state index is 14.6. The van der Waals surface area contributed by atoms with Gasteiger partial charge in [-0.15, -0.1) is 0 Å². The van der Waals surface area contributed by atoms with Crippen LogP contribution in [0.2, 0.25) is 0 Å². The van der Waals surface area contributed by atoms with Gasteiger partial charge in [0.25, 0.3) is 5.91 Å². The van der Waals surface area contributed by atoms with E-state index in [0.29, 0.717) is 60.0 Å². The summed E-state index contributed by atoms with van der Waals surface area (Å²) in [4.78, 5) is 37.8. The fourth-order valence-electron chi connectivity index (χ4n) is 5.04. The van der Waals surface area contributed by atoms with Crippen molar-refractivity contribution in [3.63, 3.8) is 0 Å². The van der Waals surface area contributed by atoms with E-state index in [1.54, 1.807) is 50.8 Å². The molecule has 3 aromatic rings. The highest BCUT2D eigenvalue weighted by Gasteiger charge is 2.29. The normalized spacial score (nSPS) is 16.9. The minimum Gasteiger partial charge on any atom is -0.483 e. The maximum Gasteiger partial charge on any atom is 0.275 e. The summed E-state index contributed by atoms with van der Waals surface area (Å²) in [5, 5.41) is 12.6. The molecule has 2 aromatic heterocycles. The molecule has 4 rings (SSSR count). The highest BCUT2D eigenvalue weighted by molar-refractivity contribution is 6.03. The highest BCUT2D eigenvalue weighted by atomic mass is 19.1. The Morgan fingerprint density at radius 2 is 1.88 bits per heavy atom. The number of hydrogen-bond donors (Lipinski definition) is 2. The van der Waals surface area contributed by atoms with Gasteiger partial charge < -0.3 is 20.1 Å². The number of aliphatic hydroxyl groups excluding tert-OH is 1. The Balaban J connectivity index is 1.52. The monoisotopic (exact) mass is 575 g/mol. The Hall–Kier alpha value is -4.15. The number of halogens is 1. The molecule has 3 heterocycles. The van der Waals surface area contributed by atoms with Gasteiger partial charge in [0, 0.05) is 38.4 Å². The van der Waals surface area contributed by atoms with Gasteiger partial charge in [-0.05, 0) is 86.7 Å². The summed E-state index contributed by atoms with van der Waals surface area (Å²) in [6.07, 6.45) is 3.16. The molecule has 222 valence electrons. The van der Waals surface area contributed by atoms with Crippen LogP contribution in [0.25, 0.3) is 0 Å². The van der Waals surface area contributed by atoms with Gasteiger partial charge in [-0.1, -0.05) is 18.7 Å². The predicted molar refractivity (Wildman–Crippen MR) is 159 cm³/mol. The van der Waals surface area contributed by atoms with E-state index in [4.69, 9.17) is 4.74 Å². The lowest BCUT2D eigenvalue weighted by Crippen LogP contribution is -2.54. The van der Waals surface area contributed by atoms with Crippen molar-refractivity contribution in [2.75, 3.05) is 31.5 Å². The first kappa shape index (κ1) is 30.8. The van der Waals surface area contributed by atoms with Crippen LogP contribution in [0, 0.1) is 26.6 Å². The number of amides is 2. The van der Waals surface area contributed by atoms with Gasteiger partial charge in [0.05, 0.1) is 12.3 Å². The number of nitrogens with one attached hydrogen (secondary N) is 1. The minimum absolute atomic E-state index is 0.0114. The van der Waals surface area contributed by atoms with Gasteiger partial charge in [0.15, 0.2) is 0 Å². The van der Waals surface area contributed by atoms with Crippen LogP contribution in [-0.2, 0) is 4.79 Å². The van der Waals surface area contributed by atoms with E-state index in [-0.39, 0.29) is 23.5 Å². The number of carbonyl (C=O) groups is 2. The van der Waals surface area contributed by atoms with Gasteiger partial charge >= 0.3 is 0 Å². The van der Waals surface area contributed by atoms with Gasteiger partial charge in [-0.25, -0.2) is 14.4 Å². The lowest BCUT2D eigenvalue weighted by atomic mass is 10.0. The zero-order chi connectivity index (χ0) is 30.6. The van der Waals surface area contributed by atoms with Crippen LogP contribution >= 0.6 is 0 Å². The van der Waals surface area contributed by atoms with Crippen molar-refractivity contribution < 1.29 is 23.8 Å². The second-order valence-electron chi connectivity index (χ2n) is 10.9. The second kappa shape index (κ2) is 13.2. The van der Waals surface area contributed by atoms with E-state index in [0.717, 1.165) is 5.56 Å². The molecule has 9 nitrogen and oxygen atoms in total. The number of aryl methyl sites for hydroxylation is 3. The molecule has 42 heavy (non-hydrogen) atoms. The number of aromatic nitrogens is 2. The van der Waals surface area contributed by atoms with Crippen molar-refractivity contribution in [1.82, 2.24) is 19.8 Å². The van der Waals surface area contributed by atoms with Crippen LogP contribution in [0.5, 0.6) is 5.75 Å². The third-order valence-corrected chi connectivity index (χ3v) is 7.52. The smallest absolute Gasteiger partial charge is 0.275 e. The topological polar surface area (TPSA) is 108 Å². The molecule has 0 spiro atoms. The van der Waals surface area contributed by atoms with E-state index in [9.17, 15) is 19.1 Å². The summed E-state index contributed by atoms with van der Waals surface area (Å²) < 4.78 is 21.0. The third-order valence-electron chi connectivity index (χ3n) is 7.52. The molecule has 1 aliphatic rings. The van der Waals surface area contributed by atoms with Crippen molar-refractivity contribution in [3.05, 3.63) is 94.7 Å². The van der Waals surface area contributed by atoms with Crippen LogP contribution in [0.1, 0.15) is 64.4 Å². The number of benzene rings is 1. The van der Waals surface area contributed by atoms with Crippen molar-refractivity contribution >= 4 is 17.6 Å². The highest BCUT2D eigenvalue weighted by Crippen LogP contribution is 2.27. The molecule has 0 aliphatic carbocycles. The molecule has 1 aromatic carbocycles. The van der Waals surface area contributed by atoms with E-state index in [1.807, 2.05) is 13.0 Å². The summed E-state index contributed by atoms with van der Waals surface area (Å²) in [7, 11) is 0. The number of piperazine rings is 1. The molecule has 0 radical (unpaired) electrons. The van der Waals surface area contributed by atoms with Gasteiger partial charge in [-0.2, -0.15) is 0 Å². The number of rotatable bonds is 9. The van der Waals surface area contributed by atoms with Gasteiger partial charge in [0.1, 0.15) is 29.2 Å². The summed E-state index contributed by atoms with van der Waals surface area (Å²) in [5.74, 6) is -0.000277. The largest absolute Gasteiger partial charge is 0.483 e. The maximum atomic E-state index is 14.6. The minimum atomic E-state index is -0.660. The molecule has 0 saturated carbocycles. The molecule has 0 bridgehead atoms. The fraction of sp³-hybridized carbons (Fsp3) is 0.375. The molecular weight excluding hydrogens is 537 g/mol. The first-order valence-electron chi connectivity index (χ1n) is 14.0. The molecule has 2 amide bonds. The van der Waals surface area contributed by atoms with E-state index < -0.39 is 18.1 Å². The summed E-state index contributed by atoms with van der Waals surface area (Å²) in [6.45, 7) is 14.8. The first-order valence-corrected chi connectivity index (χ1v) is 14.0. The lowest BCUT2D eigenvalue weighted by molar-refractivity contribution is -0.130. The van der Waals surface area contributed by atoms with Crippen LogP contribution in [-0.4, -0.2) is 68.9 Å². The zero-order valence-electron chi connectivity index (χ0n) is 24.7. The number of pyridine rings is 2. The Bertz CT molecular complexity index is 1480. The lowest BCUT2D eigenvalue weighted by Gasteiger charge is -2.40. The second-order valence-corrected chi connectivity index (χ2v) is 10.9. The van der Waals surface area contributed by atoms with Gasteiger partial charge in [-0.3, -0.25) is 14.5 Å². The summed E-state index contributed by atoms with van der Waals surface area (Å²) in [6, 6.07) is 8.56. The zero-order valence-corrected chi connectivity index (χ0v) is 24.7. The summed E-state index contributed by atoms with van der Waals surface area (Å²) >= 11 is 0. The molecule has 1 fully saturated rings. The Kier molecular flexibility index (Phi) is 9.70. The number of nitrogens with zero attached hydrogens (tertiary/aromatic N) is 4. The number of anilines is 1. The SMILES string of the molecule is C=CC(=O)N1CCN(C[C@@H](Oc2cnc(C(=O)Nc3ncc([C@@H](C)O)cc3C)c(C)c2)c2ccc(C)c(F)c2)C[C@H]1C. The predicted octanol–water partition coefficient (Wildman–Crippen LogP) is 4.69. The first-order chi connectivity index (χ1) is 20.0. The van der Waals surface area contributed by atoms with E-state index in [2.05, 4.69) is 26.8 Å². The Labute approximate surface area is 246 Å². The third kappa shape index (κ3) is 7.18. The average molecular weight is 576 g/mol. The Morgan fingerprint density at radius 1 is 1.12 bits per heavy atom. The van der Waals surface area contributed by atoms with E-state index >= 15 is 0 Å². The molecule has 3 atom stereocenters. The molecule has 1 saturated heterocycles. The van der Waals surface area contributed by atoms with Crippen LogP contribution in [0.3, 0.4) is 0 Å². The Morgan fingerprint density at radius 3 is 2.50 bits per heavy atom. The van der Waals surface area contributed by atoms with Gasteiger partial charge in [0.2, 0.25) is 5.91 Å². The number of ether oxygens (including phenoxy) is 1. The molecule has 1 aliphatic heterocycles. The van der Waals surface area contributed by atoms with Crippen molar-refractivity contribution in [3.8, 4) is 5.75 Å². The molecule has 0 unspecified atom stereocenters. The quantitative estimate of drug-likeness (QED) is 0.357. The van der Waals surface area contributed by atoms with Crippen LogP contribution in [0.15, 0.2) is 55.4 Å². The number of carbonyl (C=O) groups excluding carboxylic acids is 2. The fourth-order valence-corrected chi connectivity index (χ4v) is 5.04. The number of aliphatic hydroxyl groups is 1. The van der Waals surface area contributed by atoms with Crippen molar-refractivity contribution in [1.29, 1.82) is 0 Å². The molecule has 2 N–H and O–H groups in total. The van der Waals surface area contributed by atoms with E-state index in [1.165, 1.54) is 24.5 Å². The molecule has 10 heteroatoms. The van der Waals surface area contributed by atoms with Crippen LogP contribution < -0.4 is 10.1 Å². The molecular formula is C32H38FN5O4. The van der Waals surface area contributed by atoms with Crippen molar-refractivity contribution in [2.45, 2.75) is 52.9 Å². The average Bonchev–Trinajstić information content (AvgIpc) is 2.94. The summed E-state index contributed by atoms with van der Waals surface area (Å²) in [5.41, 5.74) is 3.42. The standard InChI is InChI=1S/C32H38FN5O4/c1-7-29(40)38-11-10-37(17-22(38)5)18-28(24-9-8-19(2)27(33)14-24)42-26-13-20(3)30(34-16-26)32(41)36-31-21(4)12-25(15-35-31)23(6)39/h7-9,12-16,22-23,28,39H,1,10-11,17-18H2,2-6H3,(H,35,36,41)/t22-,23-,28-/m1/s1. The van der Waals surface area contributed by atoms with Crippen molar-refractivity contribution in [2.24, 2.45) is 0 Å².